The molecule has 0 aliphatic carbocycles. The maximum atomic E-state index is 5.83. The van der Waals surface area contributed by atoms with Crippen LogP contribution in [0.4, 0.5) is 0 Å². The van der Waals surface area contributed by atoms with E-state index in [4.69, 9.17) is 23.1 Å². The Labute approximate surface area is 144 Å². The molecule has 1 aromatic carbocycles. The minimum Gasteiger partial charge on any atom is -0.370 e. The Kier molecular flexibility index (Phi) is 9.87. The highest BCUT2D eigenvalue weighted by atomic mass is 35.5. The summed E-state index contributed by atoms with van der Waals surface area (Å²) in [5.41, 5.74) is 12.6. The average molecular weight is 338 g/mol. The van der Waals surface area contributed by atoms with Crippen molar-refractivity contribution in [1.82, 2.24) is 5.32 Å². The summed E-state index contributed by atoms with van der Waals surface area (Å²) in [7, 11) is 0. The zero-order chi connectivity index (χ0) is 16.9. The lowest BCUT2D eigenvalue weighted by atomic mass is 10.1. The highest BCUT2D eigenvalue weighted by Gasteiger charge is 1.97. The van der Waals surface area contributed by atoms with Gasteiger partial charge in [0.15, 0.2) is 11.9 Å². The number of guanidine groups is 2. The topological polar surface area (TPSA) is 88.8 Å². The Morgan fingerprint density at radius 2 is 1.57 bits per heavy atom. The SMILES string of the molecule is CCCCCCCCN=C(N)NC(N)=NCc1ccc(Cl)cc1. The van der Waals surface area contributed by atoms with Crippen molar-refractivity contribution in [1.29, 1.82) is 0 Å². The van der Waals surface area contributed by atoms with Gasteiger partial charge in [-0.15, -0.1) is 0 Å². The molecule has 0 fully saturated rings. The molecule has 0 radical (unpaired) electrons. The van der Waals surface area contributed by atoms with Gasteiger partial charge in [-0.3, -0.25) is 10.3 Å². The Morgan fingerprint density at radius 3 is 2.26 bits per heavy atom. The van der Waals surface area contributed by atoms with Crippen molar-refractivity contribution in [3.63, 3.8) is 0 Å². The number of aliphatic imine (C=N–C) groups is 2. The Morgan fingerprint density at radius 1 is 0.957 bits per heavy atom. The molecule has 23 heavy (non-hydrogen) atoms. The van der Waals surface area contributed by atoms with Crippen molar-refractivity contribution in [3.05, 3.63) is 34.9 Å². The van der Waals surface area contributed by atoms with Gasteiger partial charge in [0.1, 0.15) is 0 Å². The fourth-order valence-corrected chi connectivity index (χ4v) is 2.19. The van der Waals surface area contributed by atoms with E-state index in [0.29, 0.717) is 17.5 Å². The molecular weight excluding hydrogens is 310 g/mol. The second kappa shape index (κ2) is 11.8. The maximum absolute atomic E-state index is 5.83. The zero-order valence-corrected chi connectivity index (χ0v) is 14.6. The summed E-state index contributed by atoms with van der Waals surface area (Å²) in [6.45, 7) is 3.41. The fraction of sp³-hybridized carbons (Fsp3) is 0.529. The van der Waals surface area contributed by atoms with Crippen molar-refractivity contribution in [2.24, 2.45) is 21.5 Å². The first-order chi connectivity index (χ1) is 11.1. The summed E-state index contributed by atoms with van der Waals surface area (Å²) in [6.07, 6.45) is 7.39. The van der Waals surface area contributed by atoms with Crippen LogP contribution in [0.1, 0.15) is 51.0 Å². The number of unbranched alkanes of at least 4 members (excludes halogenated alkanes) is 5. The van der Waals surface area contributed by atoms with E-state index in [-0.39, 0.29) is 5.96 Å². The van der Waals surface area contributed by atoms with Crippen LogP contribution in [-0.2, 0) is 6.54 Å². The molecule has 128 valence electrons. The van der Waals surface area contributed by atoms with E-state index in [1.54, 1.807) is 0 Å². The molecule has 0 aliphatic rings. The highest BCUT2D eigenvalue weighted by molar-refractivity contribution is 6.30. The number of benzene rings is 1. The van der Waals surface area contributed by atoms with E-state index < -0.39 is 0 Å². The number of nitrogens with zero attached hydrogens (tertiary/aromatic N) is 2. The van der Waals surface area contributed by atoms with E-state index in [9.17, 15) is 0 Å². The van der Waals surface area contributed by atoms with Crippen molar-refractivity contribution < 1.29 is 0 Å². The van der Waals surface area contributed by atoms with Crippen molar-refractivity contribution in [2.75, 3.05) is 6.54 Å². The lowest BCUT2D eigenvalue weighted by Gasteiger charge is -2.05. The summed E-state index contributed by atoms with van der Waals surface area (Å²) in [5.74, 6) is 0.583. The fourth-order valence-electron chi connectivity index (χ4n) is 2.07. The molecule has 0 saturated heterocycles. The molecule has 0 saturated carbocycles. The van der Waals surface area contributed by atoms with E-state index in [2.05, 4.69) is 22.2 Å². The number of nitrogens with two attached hydrogens (primary N) is 2. The van der Waals surface area contributed by atoms with Crippen LogP contribution in [0, 0.1) is 0 Å². The van der Waals surface area contributed by atoms with Gasteiger partial charge in [-0.25, -0.2) is 4.99 Å². The van der Waals surface area contributed by atoms with E-state index in [0.717, 1.165) is 18.5 Å². The number of rotatable bonds is 9. The van der Waals surface area contributed by atoms with Crippen LogP contribution in [0.25, 0.3) is 0 Å². The molecule has 0 bridgehead atoms. The minimum absolute atomic E-state index is 0.268. The van der Waals surface area contributed by atoms with Crippen molar-refractivity contribution in [2.45, 2.75) is 52.0 Å². The molecule has 0 aromatic heterocycles. The first-order valence-corrected chi connectivity index (χ1v) is 8.61. The van der Waals surface area contributed by atoms with Gasteiger partial charge in [0, 0.05) is 11.6 Å². The van der Waals surface area contributed by atoms with Crippen LogP contribution >= 0.6 is 11.6 Å². The quantitative estimate of drug-likeness (QED) is 0.366. The zero-order valence-electron chi connectivity index (χ0n) is 13.9. The van der Waals surface area contributed by atoms with Gasteiger partial charge in [-0.1, -0.05) is 62.8 Å². The molecule has 0 amide bonds. The minimum atomic E-state index is 0.268. The predicted molar refractivity (Wildman–Crippen MR) is 99.8 cm³/mol. The molecule has 0 spiro atoms. The second-order valence-electron chi connectivity index (χ2n) is 5.49. The third-order valence-electron chi connectivity index (χ3n) is 3.40. The van der Waals surface area contributed by atoms with E-state index >= 15 is 0 Å². The number of nitrogens with one attached hydrogen (secondary N) is 1. The molecule has 0 atom stereocenters. The summed E-state index contributed by atoms with van der Waals surface area (Å²) >= 11 is 5.83. The number of halogens is 1. The lowest BCUT2D eigenvalue weighted by molar-refractivity contribution is 0.612. The molecule has 0 aliphatic heterocycles. The largest absolute Gasteiger partial charge is 0.370 e. The van der Waals surface area contributed by atoms with Gasteiger partial charge < -0.3 is 11.5 Å². The monoisotopic (exact) mass is 337 g/mol. The van der Waals surface area contributed by atoms with E-state index in [1.165, 1.54) is 32.1 Å². The van der Waals surface area contributed by atoms with Gasteiger partial charge in [0.05, 0.1) is 6.54 Å². The van der Waals surface area contributed by atoms with Crippen LogP contribution < -0.4 is 16.8 Å². The Balaban J connectivity index is 2.23. The Hall–Kier alpha value is -1.75. The van der Waals surface area contributed by atoms with E-state index in [1.807, 2.05) is 24.3 Å². The summed E-state index contributed by atoms with van der Waals surface area (Å²) in [4.78, 5) is 8.48. The summed E-state index contributed by atoms with van der Waals surface area (Å²) < 4.78 is 0. The third-order valence-corrected chi connectivity index (χ3v) is 3.65. The summed E-state index contributed by atoms with van der Waals surface area (Å²) in [6, 6.07) is 7.48. The molecular formula is C17H28ClN5. The van der Waals surface area contributed by atoms with Crippen LogP contribution in [0.15, 0.2) is 34.3 Å². The second-order valence-corrected chi connectivity index (χ2v) is 5.92. The van der Waals surface area contributed by atoms with Gasteiger partial charge in [0.2, 0.25) is 0 Å². The van der Waals surface area contributed by atoms with Crippen LogP contribution in [0.2, 0.25) is 5.02 Å². The van der Waals surface area contributed by atoms with Crippen molar-refractivity contribution >= 4 is 23.5 Å². The molecule has 6 heteroatoms. The number of hydrogen-bond acceptors (Lipinski definition) is 2. The van der Waals surface area contributed by atoms with Gasteiger partial charge in [-0.2, -0.15) is 0 Å². The smallest absolute Gasteiger partial charge is 0.195 e. The molecule has 0 heterocycles. The first-order valence-electron chi connectivity index (χ1n) is 8.23. The summed E-state index contributed by atoms with van der Waals surface area (Å²) in [5, 5.41) is 3.51. The van der Waals surface area contributed by atoms with Gasteiger partial charge in [-0.05, 0) is 24.1 Å². The van der Waals surface area contributed by atoms with Crippen LogP contribution in [-0.4, -0.2) is 18.5 Å². The molecule has 5 N–H and O–H groups in total. The lowest BCUT2D eigenvalue weighted by Crippen LogP contribution is -2.41. The average Bonchev–Trinajstić information content (AvgIpc) is 2.53. The predicted octanol–water partition coefficient (Wildman–Crippen LogP) is 3.42. The molecule has 1 rings (SSSR count). The maximum Gasteiger partial charge on any atom is 0.195 e. The first kappa shape index (κ1) is 19.3. The highest BCUT2D eigenvalue weighted by Crippen LogP contribution is 2.10. The van der Waals surface area contributed by atoms with Gasteiger partial charge >= 0.3 is 0 Å². The Bertz CT molecular complexity index is 496. The van der Waals surface area contributed by atoms with Crippen LogP contribution in [0.5, 0.6) is 0 Å². The van der Waals surface area contributed by atoms with Crippen LogP contribution in [0.3, 0.4) is 0 Å². The molecule has 5 nitrogen and oxygen atoms in total. The molecule has 0 unspecified atom stereocenters. The number of hydrogen-bond donors (Lipinski definition) is 3. The third kappa shape index (κ3) is 9.79. The van der Waals surface area contributed by atoms with Crippen molar-refractivity contribution in [3.8, 4) is 0 Å². The molecule has 1 aromatic rings. The normalized spacial score (nSPS) is 12.4. The standard InChI is InChI=1S/C17H28ClN5/c1-2-3-4-5-6-7-12-21-16(19)23-17(20)22-13-14-8-10-15(18)11-9-14/h8-11H,2-7,12-13H2,1H3,(H5,19,20,21,22,23). The van der Waals surface area contributed by atoms with Gasteiger partial charge in [0.25, 0.3) is 0 Å².